The van der Waals surface area contributed by atoms with Gasteiger partial charge in [-0.05, 0) is 0 Å². The Morgan fingerprint density at radius 3 is 1.42 bits per heavy atom. The van der Waals surface area contributed by atoms with Gasteiger partial charge < -0.3 is 0 Å². The molecule has 2 atom stereocenters. The van der Waals surface area contributed by atoms with Crippen LogP contribution in [0.1, 0.15) is 84.5 Å². The van der Waals surface area contributed by atoms with Gasteiger partial charge in [0.15, 0.2) is 0 Å². The molecule has 2 heteroatoms. The zero-order chi connectivity index (χ0) is 32.0. The van der Waals surface area contributed by atoms with Crippen molar-refractivity contribution in [3.63, 3.8) is 0 Å². The van der Waals surface area contributed by atoms with E-state index in [2.05, 4.69) is 148 Å². The van der Waals surface area contributed by atoms with Crippen LogP contribution < -0.4 is 0 Å². The van der Waals surface area contributed by atoms with Gasteiger partial charge in [-0.3, -0.25) is 0 Å². The van der Waals surface area contributed by atoms with Gasteiger partial charge in [0, 0.05) is 0 Å². The molecule has 2 unspecified atom stereocenters. The molecule has 4 aromatic rings. The molecule has 232 valence electrons. The third-order valence-electron chi connectivity index (χ3n) is 12.0. The molecule has 2 aliphatic rings. The van der Waals surface area contributed by atoms with E-state index in [9.17, 15) is 0 Å². The summed E-state index contributed by atoms with van der Waals surface area (Å²) in [5.74, 6) is 0. The molecule has 45 heavy (non-hydrogen) atoms. The minimum atomic E-state index is -3.86. The molecular weight excluding hydrogens is 723 g/mol. The van der Waals surface area contributed by atoms with Crippen LogP contribution in [-0.2, 0) is 17.1 Å². The first-order valence-corrected chi connectivity index (χ1v) is 36.3. The van der Waals surface area contributed by atoms with E-state index >= 15 is 0 Å². The third kappa shape index (κ3) is 5.38. The number of fused-ring (bicyclic) bond motifs is 2. The topological polar surface area (TPSA) is 0 Å². The van der Waals surface area contributed by atoms with Crippen LogP contribution in [0.5, 0.6) is 0 Å². The maximum absolute atomic E-state index is 3.86. The molecular formula is C43H52HfSi. The fourth-order valence-corrected chi connectivity index (χ4v) is 52.7. The Morgan fingerprint density at radius 1 is 0.578 bits per heavy atom. The third-order valence-corrected chi connectivity index (χ3v) is 70.0. The summed E-state index contributed by atoms with van der Waals surface area (Å²) in [6.07, 6.45) is 15.9. The first kappa shape index (κ1) is 32.4. The molecule has 0 bridgehead atoms. The molecule has 0 aliphatic heterocycles. The predicted octanol–water partition coefficient (Wildman–Crippen LogP) is 13.1. The number of aryl methyl sites for hydroxylation is 4. The first-order chi connectivity index (χ1) is 21.6. The summed E-state index contributed by atoms with van der Waals surface area (Å²) >= 11 is -3.86. The van der Waals surface area contributed by atoms with E-state index in [1.54, 1.807) is 11.1 Å². The average molecular weight is 775 g/mol. The van der Waals surface area contributed by atoms with Crippen molar-refractivity contribution in [3.8, 4) is 22.3 Å². The first-order valence-electron chi connectivity index (χ1n) is 17.4. The second kappa shape index (κ2) is 12.6. The number of unbranched alkanes of at least 4 members (excludes halogenated alkanes) is 3. The SMILES string of the molecule is CCCCCC[Si](C)=[Hf]([CH3])([CH3])([CH]1C=Cc2c(-c3c(C)cccc3C)cccc21)[CH]1C=Cc2c(-c3c(C)cccc3C)cccc21. The van der Waals surface area contributed by atoms with Gasteiger partial charge in [-0.25, -0.2) is 0 Å². The van der Waals surface area contributed by atoms with Gasteiger partial charge in [0.05, 0.1) is 0 Å². The van der Waals surface area contributed by atoms with Crippen molar-refractivity contribution >= 4 is 17.6 Å². The van der Waals surface area contributed by atoms with Crippen LogP contribution in [0.4, 0.5) is 0 Å². The Kier molecular flexibility index (Phi) is 9.05. The molecule has 0 spiro atoms. The van der Waals surface area contributed by atoms with E-state index in [-0.39, 0.29) is 0 Å². The molecule has 0 radical (unpaired) electrons. The molecule has 4 aromatic carbocycles. The van der Waals surface area contributed by atoms with Crippen LogP contribution in [0.25, 0.3) is 34.4 Å². The second-order valence-electron chi connectivity index (χ2n) is 15.0. The molecule has 0 N–H and O–H groups in total. The Balaban J connectivity index is 1.55. The molecule has 0 heterocycles. The van der Waals surface area contributed by atoms with E-state index in [1.165, 1.54) is 87.4 Å². The molecule has 6 rings (SSSR count). The summed E-state index contributed by atoms with van der Waals surface area (Å²) in [7, 11) is 0. The van der Waals surface area contributed by atoms with Crippen molar-refractivity contribution < 1.29 is 17.1 Å². The summed E-state index contributed by atoms with van der Waals surface area (Å²) in [5, 5.41) is 0. The zero-order valence-electron chi connectivity index (χ0n) is 28.9. The maximum atomic E-state index is 2.90. The van der Waals surface area contributed by atoms with E-state index in [4.69, 9.17) is 0 Å². The van der Waals surface area contributed by atoms with Crippen LogP contribution in [-0.4, -0.2) is 5.49 Å². The van der Waals surface area contributed by atoms with Gasteiger partial charge in [-0.2, -0.15) is 0 Å². The molecule has 0 nitrogen and oxygen atoms in total. The standard InChI is InChI=1S/2C17H15.C7H16Si.2CH3.Hf/c2*1-12-6-3-7-13(2)17(12)16-11-5-9-14-8-4-10-15(14)16;1-3-4-5-6-7-8-2;;;/h2*3-11H,1-2H3;3-7H2,1-2H3;2*1H3;. The number of rotatable bonds is 9. The van der Waals surface area contributed by atoms with Gasteiger partial charge in [-0.1, -0.05) is 0 Å². The minimum absolute atomic E-state index is 0.566. The van der Waals surface area contributed by atoms with Crippen LogP contribution in [0.2, 0.25) is 22.0 Å². The van der Waals surface area contributed by atoms with Gasteiger partial charge in [0.25, 0.3) is 0 Å². The van der Waals surface area contributed by atoms with Crippen molar-refractivity contribution in [2.24, 2.45) is 0 Å². The normalized spacial score (nSPS) is 17.1. The van der Waals surface area contributed by atoms with Crippen LogP contribution in [0.3, 0.4) is 0 Å². The van der Waals surface area contributed by atoms with Crippen molar-refractivity contribution in [1.82, 2.24) is 0 Å². The van der Waals surface area contributed by atoms with E-state index in [0.717, 1.165) is 0 Å². The van der Waals surface area contributed by atoms with Crippen molar-refractivity contribution in [3.05, 3.63) is 129 Å². The zero-order valence-corrected chi connectivity index (χ0v) is 33.5. The van der Waals surface area contributed by atoms with E-state index in [1.807, 2.05) is 0 Å². The fraction of sp³-hybridized carbons (Fsp3) is 0.349. The Bertz CT molecular complexity index is 1750. The monoisotopic (exact) mass is 776 g/mol. The quantitative estimate of drug-likeness (QED) is 0.117. The van der Waals surface area contributed by atoms with Crippen molar-refractivity contribution in [2.75, 3.05) is 0 Å². The second-order valence-corrected chi connectivity index (χ2v) is 62.4. The van der Waals surface area contributed by atoms with E-state index in [0.29, 0.717) is 7.35 Å². The average Bonchev–Trinajstić information content (AvgIpc) is 3.66. The Labute approximate surface area is 274 Å². The molecule has 0 saturated heterocycles. The van der Waals surface area contributed by atoms with Gasteiger partial charge in [0.1, 0.15) is 0 Å². The number of hydrogen-bond donors (Lipinski definition) is 0. The van der Waals surface area contributed by atoms with Gasteiger partial charge in [-0.15, -0.1) is 0 Å². The van der Waals surface area contributed by atoms with Crippen LogP contribution >= 0.6 is 0 Å². The Morgan fingerprint density at radius 2 is 1.00 bits per heavy atom. The van der Waals surface area contributed by atoms with Gasteiger partial charge >= 0.3 is 276 Å². The van der Waals surface area contributed by atoms with Crippen molar-refractivity contribution in [2.45, 2.75) is 89.6 Å². The van der Waals surface area contributed by atoms with E-state index < -0.39 is 22.6 Å². The summed E-state index contributed by atoms with van der Waals surface area (Å²) < 4.78 is 6.93. The number of hydrogen-bond acceptors (Lipinski definition) is 0. The summed E-state index contributed by atoms with van der Waals surface area (Å²) in [5.41, 5.74) is 16.8. The molecule has 0 saturated carbocycles. The molecule has 0 fully saturated rings. The summed E-state index contributed by atoms with van der Waals surface area (Å²) in [6, 6.07) is 29.4. The molecule has 0 aromatic heterocycles. The Hall–Kier alpha value is -2.55. The number of benzene rings is 4. The van der Waals surface area contributed by atoms with Crippen LogP contribution in [0, 0.1) is 27.7 Å². The predicted molar refractivity (Wildman–Crippen MR) is 199 cm³/mol. The number of allylic oxidation sites excluding steroid dienone is 2. The van der Waals surface area contributed by atoms with Crippen molar-refractivity contribution in [1.29, 1.82) is 0 Å². The van der Waals surface area contributed by atoms with Gasteiger partial charge in [0.2, 0.25) is 0 Å². The summed E-state index contributed by atoms with van der Waals surface area (Å²) in [4.78, 5) is 0. The molecule has 0 amide bonds. The summed E-state index contributed by atoms with van der Waals surface area (Å²) in [6.45, 7) is 14.2. The van der Waals surface area contributed by atoms with Crippen LogP contribution in [0.15, 0.2) is 84.9 Å². The molecule has 2 aliphatic carbocycles. The fourth-order valence-electron chi connectivity index (χ4n) is 9.07.